The SMILES string of the molecule is CS(=O)(=O)CCS(=O)(=O)Cc1ccc(C#N)cc1Cl. The first-order valence-corrected chi connectivity index (χ1v) is 9.45. The van der Waals surface area contributed by atoms with Crippen molar-refractivity contribution in [1.29, 1.82) is 5.26 Å². The minimum absolute atomic E-state index is 0.182. The summed E-state index contributed by atoms with van der Waals surface area (Å²) in [6.07, 6.45) is 0.983. The fraction of sp³-hybridized carbons (Fsp3) is 0.364. The van der Waals surface area contributed by atoms with Crippen LogP contribution in [0.15, 0.2) is 18.2 Å². The van der Waals surface area contributed by atoms with Crippen LogP contribution in [0.5, 0.6) is 0 Å². The zero-order valence-electron chi connectivity index (χ0n) is 10.1. The summed E-state index contributed by atoms with van der Waals surface area (Å²) >= 11 is 5.87. The molecule has 1 aromatic carbocycles. The number of rotatable bonds is 5. The lowest BCUT2D eigenvalue weighted by molar-refractivity contribution is 0.589. The Kier molecular flexibility index (Phi) is 4.96. The van der Waals surface area contributed by atoms with Gasteiger partial charge in [0.1, 0.15) is 9.84 Å². The largest absolute Gasteiger partial charge is 0.229 e. The highest BCUT2D eigenvalue weighted by Crippen LogP contribution is 2.20. The normalized spacial score (nSPS) is 12.1. The maximum absolute atomic E-state index is 11.8. The van der Waals surface area contributed by atoms with Crippen molar-refractivity contribution in [2.75, 3.05) is 17.8 Å². The van der Waals surface area contributed by atoms with Gasteiger partial charge in [-0.05, 0) is 17.7 Å². The summed E-state index contributed by atoms with van der Waals surface area (Å²) in [7, 11) is -6.88. The van der Waals surface area contributed by atoms with Gasteiger partial charge >= 0.3 is 0 Å². The number of benzene rings is 1. The molecule has 0 saturated heterocycles. The molecule has 0 aliphatic carbocycles. The molecule has 0 bridgehead atoms. The van der Waals surface area contributed by atoms with Crippen molar-refractivity contribution in [3.05, 3.63) is 34.3 Å². The molecule has 0 N–H and O–H groups in total. The van der Waals surface area contributed by atoms with E-state index in [-0.39, 0.29) is 10.8 Å². The minimum Gasteiger partial charge on any atom is -0.229 e. The lowest BCUT2D eigenvalue weighted by Gasteiger charge is -2.06. The van der Waals surface area contributed by atoms with Crippen LogP contribution >= 0.6 is 11.6 Å². The van der Waals surface area contributed by atoms with Gasteiger partial charge in [0.25, 0.3) is 0 Å². The van der Waals surface area contributed by atoms with E-state index < -0.39 is 31.2 Å². The summed E-state index contributed by atoms with van der Waals surface area (Å²) in [5.74, 6) is -1.20. The van der Waals surface area contributed by atoms with Gasteiger partial charge in [-0.1, -0.05) is 17.7 Å². The average molecular weight is 322 g/mol. The highest BCUT2D eigenvalue weighted by atomic mass is 35.5. The molecule has 0 atom stereocenters. The van der Waals surface area contributed by atoms with Gasteiger partial charge in [-0.3, -0.25) is 0 Å². The molecule has 0 saturated carbocycles. The van der Waals surface area contributed by atoms with Crippen LogP contribution in [0.2, 0.25) is 5.02 Å². The predicted molar refractivity (Wildman–Crippen MR) is 73.4 cm³/mol. The molecule has 0 amide bonds. The molecule has 8 heteroatoms. The molecule has 1 rings (SSSR count). The van der Waals surface area contributed by atoms with Crippen molar-refractivity contribution < 1.29 is 16.8 Å². The van der Waals surface area contributed by atoms with E-state index in [1.54, 1.807) is 0 Å². The third kappa shape index (κ3) is 5.59. The van der Waals surface area contributed by atoms with E-state index in [1.807, 2.05) is 6.07 Å². The second-order valence-electron chi connectivity index (χ2n) is 4.14. The first-order chi connectivity index (χ1) is 8.63. The maximum Gasteiger partial charge on any atom is 0.155 e. The topological polar surface area (TPSA) is 92.1 Å². The summed E-state index contributed by atoms with van der Waals surface area (Å²) in [6, 6.07) is 6.19. The molecule has 0 aromatic heterocycles. The zero-order valence-corrected chi connectivity index (χ0v) is 12.5. The Morgan fingerprint density at radius 3 is 2.32 bits per heavy atom. The van der Waals surface area contributed by atoms with Crippen molar-refractivity contribution >= 4 is 31.3 Å². The fourth-order valence-electron chi connectivity index (χ4n) is 1.32. The predicted octanol–water partition coefficient (Wildman–Crippen LogP) is 1.17. The summed E-state index contributed by atoms with van der Waals surface area (Å²) in [5, 5.41) is 8.85. The Morgan fingerprint density at radius 1 is 1.21 bits per heavy atom. The summed E-state index contributed by atoms with van der Waals surface area (Å²) in [6.45, 7) is 0. The second-order valence-corrected chi connectivity index (χ2v) is 8.99. The fourth-order valence-corrected chi connectivity index (χ4v) is 4.74. The highest BCUT2D eigenvalue weighted by Gasteiger charge is 2.17. The quantitative estimate of drug-likeness (QED) is 0.811. The van der Waals surface area contributed by atoms with Crippen LogP contribution in [0.1, 0.15) is 11.1 Å². The van der Waals surface area contributed by atoms with Gasteiger partial charge in [-0.25, -0.2) is 16.8 Å². The molecule has 0 heterocycles. The van der Waals surface area contributed by atoms with Crippen molar-refractivity contribution in [2.24, 2.45) is 0 Å². The van der Waals surface area contributed by atoms with Crippen LogP contribution in [0, 0.1) is 11.3 Å². The van der Waals surface area contributed by atoms with E-state index in [1.165, 1.54) is 18.2 Å². The van der Waals surface area contributed by atoms with E-state index in [9.17, 15) is 16.8 Å². The van der Waals surface area contributed by atoms with Gasteiger partial charge in [-0.15, -0.1) is 0 Å². The van der Waals surface area contributed by atoms with E-state index in [0.717, 1.165) is 6.26 Å². The lowest BCUT2D eigenvalue weighted by Crippen LogP contribution is -2.17. The van der Waals surface area contributed by atoms with Crippen LogP contribution < -0.4 is 0 Å². The summed E-state index contributed by atoms with van der Waals surface area (Å²) in [4.78, 5) is 0. The van der Waals surface area contributed by atoms with Gasteiger partial charge in [0.15, 0.2) is 9.84 Å². The lowest BCUT2D eigenvalue weighted by atomic mass is 10.2. The Labute approximate surface area is 117 Å². The van der Waals surface area contributed by atoms with Gasteiger partial charge in [0, 0.05) is 11.3 Å². The van der Waals surface area contributed by atoms with E-state index in [0.29, 0.717) is 11.1 Å². The van der Waals surface area contributed by atoms with Crippen molar-refractivity contribution in [2.45, 2.75) is 5.75 Å². The molecule has 0 fully saturated rings. The minimum atomic E-state index is -3.56. The van der Waals surface area contributed by atoms with Gasteiger partial charge in [0.2, 0.25) is 0 Å². The number of halogens is 1. The average Bonchev–Trinajstić information content (AvgIpc) is 2.28. The van der Waals surface area contributed by atoms with Crippen molar-refractivity contribution in [1.82, 2.24) is 0 Å². The van der Waals surface area contributed by atoms with E-state index in [2.05, 4.69) is 0 Å². The molecule has 19 heavy (non-hydrogen) atoms. The standard InChI is InChI=1S/C11H12ClNO4S2/c1-18(14,15)4-5-19(16,17)8-10-3-2-9(7-13)6-11(10)12/h2-3,6H,4-5,8H2,1H3. The van der Waals surface area contributed by atoms with Gasteiger partial charge in [-0.2, -0.15) is 5.26 Å². The summed E-state index contributed by atoms with van der Waals surface area (Å²) < 4.78 is 45.4. The van der Waals surface area contributed by atoms with Crippen LogP contribution in [-0.4, -0.2) is 34.6 Å². The van der Waals surface area contributed by atoms with Crippen molar-refractivity contribution in [3.63, 3.8) is 0 Å². The molecule has 104 valence electrons. The Balaban J connectivity index is 2.88. The van der Waals surface area contributed by atoms with Gasteiger partial charge < -0.3 is 0 Å². The first-order valence-electron chi connectivity index (χ1n) is 5.20. The first kappa shape index (κ1) is 16.0. The third-order valence-corrected chi connectivity index (χ3v) is 5.46. The van der Waals surface area contributed by atoms with Crippen LogP contribution in [-0.2, 0) is 25.4 Å². The number of hydrogen-bond donors (Lipinski definition) is 0. The number of sulfone groups is 2. The third-order valence-electron chi connectivity index (χ3n) is 2.32. The number of nitrogens with zero attached hydrogens (tertiary/aromatic N) is 1. The van der Waals surface area contributed by atoms with E-state index in [4.69, 9.17) is 16.9 Å². The Bertz CT molecular complexity index is 718. The van der Waals surface area contributed by atoms with E-state index >= 15 is 0 Å². The highest BCUT2D eigenvalue weighted by molar-refractivity contribution is 7.94. The monoisotopic (exact) mass is 321 g/mol. The number of nitriles is 1. The molecule has 1 aromatic rings. The smallest absolute Gasteiger partial charge is 0.155 e. The number of hydrogen-bond acceptors (Lipinski definition) is 5. The molecule has 0 aliphatic rings. The molecular weight excluding hydrogens is 310 g/mol. The maximum atomic E-state index is 11.8. The molecule has 5 nitrogen and oxygen atoms in total. The Morgan fingerprint density at radius 2 is 1.84 bits per heavy atom. The Hall–Kier alpha value is -1.10. The zero-order chi connectivity index (χ0) is 14.7. The summed E-state index contributed by atoms with van der Waals surface area (Å²) in [5.41, 5.74) is 0.691. The van der Waals surface area contributed by atoms with Crippen LogP contribution in [0.25, 0.3) is 0 Å². The molecule has 0 unspecified atom stereocenters. The molecule has 0 aliphatic heterocycles. The molecular formula is C11H12ClNO4S2. The van der Waals surface area contributed by atoms with Crippen LogP contribution in [0.3, 0.4) is 0 Å². The van der Waals surface area contributed by atoms with Gasteiger partial charge in [0.05, 0.1) is 28.9 Å². The van der Waals surface area contributed by atoms with Crippen molar-refractivity contribution in [3.8, 4) is 6.07 Å². The second kappa shape index (κ2) is 5.90. The van der Waals surface area contributed by atoms with Crippen LogP contribution in [0.4, 0.5) is 0 Å². The molecule has 0 radical (unpaired) electrons. The molecule has 0 spiro atoms.